The van der Waals surface area contributed by atoms with E-state index in [2.05, 4.69) is 9.71 Å². The van der Waals surface area contributed by atoms with Gasteiger partial charge in [0.05, 0.1) is 10.7 Å². The van der Waals surface area contributed by atoms with Gasteiger partial charge in [-0.2, -0.15) is 0 Å². The van der Waals surface area contributed by atoms with Crippen LogP contribution in [-0.2, 0) is 25.6 Å². The topological polar surface area (TPSA) is 95.8 Å². The maximum atomic E-state index is 12.3. The second-order valence-corrected chi connectivity index (χ2v) is 11.8. The predicted molar refractivity (Wildman–Crippen MR) is 116 cm³/mol. The van der Waals surface area contributed by atoms with E-state index in [0.717, 1.165) is 28.5 Å². The number of carbonyl (C=O) groups excluding carboxylic acids is 1. The van der Waals surface area contributed by atoms with Gasteiger partial charge in [0.1, 0.15) is 5.75 Å². The molecule has 1 aliphatic heterocycles. The van der Waals surface area contributed by atoms with E-state index < -0.39 is 15.9 Å². The molecular weight excluding hydrogens is 396 g/mol. The SMILES string of the molecule is CCS(=O)(=O)/N=C1/NC(=O)C(=Cc2cc(C(C)(C)C)c(O)c(C(C)(C)C)c2)S1. The molecule has 28 heavy (non-hydrogen) atoms. The number of hydrogen-bond donors (Lipinski definition) is 2. The fraction of sp³-hybridized carbons (Fsp3) is 0.500. The number of nitrogens with zero attached hydrogens (tertiary/aromatic N) is 1. The lowest BCUT2D eigenvalue weighted by molar-refractivity contribution is -0.115. The summed E-state index contributed by atoms with van der Waals surface area (Å²) in [6.07, 6.45) is 1.70. The highest BCUT2D eigenvalue weighted by Gasteiger charge is 2.28. The number of thioether (sulfide) groups is 1. The minimum atomic E-state index is -3.59. The third-order valence-electron chi connectivity index (χ3n) is 4.28. The van der Waals surface area contributed by atoms with Crippen LogP contribution in [0.15, 0.2) is 21.4 Å². The van der Waals surface area contributed by atoms with Crippen LogP contribution in [0.5, 0.6) is 5.75 Å². The summed E-state index contributed by atoms with van der Waals surface area (Å²) in [6.45, 7) is 13.6. The van der Waals surface area contributed by atoms with Gasteiger partial charge in [0.2, 0.25) is 0 Å². The van der Waals surface area contributed by atoms with Crippen LogP contribution in [0.1, 0.15) is 65.2 Å². The third-order valence-corrected chi connectivity index (χ3v) is 6.50. The number of nitrogens with one attached hydrogen (secondary N) is 1. The quantitative estimate of drug-likeness (QED) is 0.718. The molecule has 1 aliphatic rings. The third kappa shape index (κ3) is 5.17. The molecule has 1 amide bonds. The van der Waals surface area contributed by atoms with Gasteiger partial charge in [-0.25, -0.2) is 8.42 Å². The summed E-state index contributed by atoms with van der Waals surface area (Å²) < 4.78 is 27.0. The van der Waals surface area contributed by atoms with Gasteiger partial charge < -0.3 is 5.11 Å². The molecule has 154 valence electrons. The normalized spacial score (nSPS) is 18.8. The number of carbonyl (C=O) groups is 1. The van der Waals surface area contributed by atoms with Crippen molar-refractivity contribution >= 4 is 38.9 Å². The van der Waals surface area contributed by atoms with Crippen molar-refractivity contribution in [3.63, 3.8) is 0 Å². The summed E-state index contributed by atoms with van der Waals surface area (Å²) in [7, 11) is -3.59. The Hall–Kier alpha value is -1.80. The second-order valence-electron chi connectivity index (χ2n) is 8.80. The zero-order valence-electron chi connectivity index (χ0n) is 17.4. The van der Waals surface area contributed by atoms with E-state index >= 15 is 0 Å². The van der Waals surface area contributed by atoms with Crippen molar-refractivity contribution in [3.8, 4) is 5.75 Å². The molecule has 0 aliphatic carbocycles. The highest BCUT2D eigenvalue weighted by atomic mass is 32.2. The summed E-state index contributed by atoms with van der Waals surface area (Å²) in [6, 6.07) is 3.73. The second kappa shape index (κ2) is 7.55. The lowest BCUT2D eigenvalue weighted by Gasteiger charge is -2.28. The van der Waals surface area contributed by atoms with Gasteiger partial charge >= 0.3 is 0 Å². The van der Waals surface area contributed by atoms with Crippen LogP contribution < -0.4 is 5.32 Å². The standard InChI is InChI=1S/C20H28N2O4S2/c1-8-28(25,26)22-18-21-17(24)15(27-18)11-12-9-13(19(2,3)4)16(23)14(10-12)20(5,6)7/h9-11,23H,8H2,1-7H3,(H,21,22,24). The average Bonchev–Trinajstić information content (AvgIpc) is 2.85. The van der Waals surface area contributed by atoms with Crippen molar-refractivity contribution in [1.29, 1.82) is 0 Å². The lowest BCUT2D eigenvalue weighted by atomic mass is 9.78. The predicted octanol–water partition coefficient (Wildman–Crippen LogP) is 3.90. The molecule has 1 aromatic carbocycles. The van der Waals surface area contributed by atoms with Crippen LogP contribution >= 0.6 is 11.8 Å². The largest absolute Gasteiger partial charge is 0.507 e. The van der Waals surface area contributed by atoms with Gasteiger partial charge in [-0.05, 0) is 53.3 Å². The molecule has 0 saturated carbocycles. The van der Waals surface area contributed by atoms with Crippen LogP contribution in [0.3, 0.4) is 0 Å². The Morgan fingerprint density at radius 3 is 2.04 bits per heavy atom. The zero-order chi connectivity index (χ0) is 21.5. The van der Waals surface area contributed by atoms with Crippen molar-refractivity contribution in [2.24, 2.45) is 4.40 Å². The monoisotopic (exact) mass is 424 g/mol. The number of benzene rings is 1. The van der Waals surface area contributed by atoms with E-state index in [9.17, 15) is 18.3 Å². The summed E-state index contributed by atoms with van der Waals surface area (Å²) >= 11 is 0.996. The zero-order valence-corrected chi connectivity index (χ0v) is 19.0. The van der Waals surface area contributed by atoms with Gasteiger partial charge in [-0.3, -0.25) is 10.1 Å². The highest BCUT2D eigenvalue weighted by molar-refractivity contribution is 8.19. The van der Waals surface area contributed by atoms with Crippen molar-refractivity contribution in [2.45, 2.75) is 59.3 Å². The number of rotatable bonds is 3. The fourth-order valence-corrected chi connectivity index (χ4v) is 4.30. The first-order valence-electron chi connectivity index (χ1n) is 9.05. The van der Waals surface area contributed by atoms with Gasteiger partial charge in [0.25, 0.3) is 15.9 Å². The first kappa shape index (κ1) is 22.5. The van der Waals surface area contributed by atoms with Crippen LogP contribution in [0.4, 0.5) is 0 Å². The molecule has 6 nitrogen and oxygen atoms in total. The molecule has 2 N–H and O–H groups in total. The lowest BCUT2D eigenvalue weighted by Crippen LogP contribution is -2.21. The van der Waals surface area contributed by atoms with Crippen molar-refractivity contribution in [1.82, 2.24) is 5.32 Å². The summed E-state index contributed by atoms with van der Waals surface area (Å²) in [5.74, 6) is -0.256. The molecular formula is C20H28N2O4S2. The van der Waals surface area contributed by atoms with Crippen LogP contribution in [0.2, 0.25) is 0 Å². The fourth-order valence-electron chi connectivity index (χ4n) is 2.70. The Kier molecular flexibility index (Phi) is 6.07. The van der Waals surface area contributed by atoms with Gasteiger partial charge in [0, 0.05) is 11.1 Å². The summed E-state index contributed by atoms with van der Waals surface area (Å²) in [5.41, 5.74) is 1.77. The first-order chi connectivity index (χ1) is 12.6. The molecule has 0 aromatic heterocycles. The highest BCUT2D eigenvalue weighted by Crippen LogP contribution is 2.40. The molecule has 0 atom stereocenters. The van der Waals surface area contributed by atoms with Gasteiger partial charge in [-0.1, -0.05) is 41.5 Å². The molecule has 1 saturated heterocycles. The Balaban J connectivity index is 2.55. The molecule has 0 bridgehead atoms. The summed E-state index contributed by atoms with van der Waals surface area (Å²) in [4.78, 5) is 12.6. The minimum absolute atomic E-state index is 0.0592. The van der Waals surface area contributed by atoms with E-state index in [1.807, 2.05) is 53.7 Å². The van der Waals surface area contributed by atoms with Crippen LogP contribution in [0.25, 0.3) is 6.08 Å². The first-order valence-corrected chi connectivity index (χ1v) is 11.5. The van der Waals surface area contributed by atoms with Gasteiger partial charge in [-0.15, -0.1) is 4.40 Å². The molecule has 0 radical (unpaired) electrons. The van der Waals surface area contributed by atoms with Crippen LogP contribution in [-0.4, -0.2) is 30.4 Å². The molecule has 0 unspecified atom stereocenters. The number of aromatic hydroxyl groups is 1. The van der Waals surface area contributed by atoms with Gasteiger partial charge in [0.15, 0.2) is 5.17 Å². The average molecular weight is 425 g/mol. The number of phenols is 1. The van der Waals surface area contributed by atoms with E-state index in [1.165, 1.54) is 6.92 Å². The maximum Gasteiger partial charge on any atom is 0.264 e. The molecule has 8 heteroatoms. The van der Waals surface area contributed by atoms with Crippen molar-refractivity contribution in [2.75, 3.05) is 5.75 Å². The molecule has 1 heterocycles. The number of amides is 1. The molecule has 0 spiro atoms. The number of amidine groups is 1. The molecule has 1 aromatic rings. The minimum Gasteiger partial charge on any atom is -0.507 e. The van der Waals surface area contributed by atoms with E-state index in [-0.39, 0.29) is 27.5 Å². The Morgan fingerprint density at radius 1 is 1.11 bits per heavy atom. The number of phenolic OH excluding ortho intramolecular Hbond substituents is 1. The van der Waals surface area contributed by atoms with Crippen molar-refractivity contribution in [3.05, 3.63) is 33.7 Å². The Labute approximate surface area is 171 Å². The molecule has 1 fully saturated rings. The van der Waals surface area contributed by atoms with Crippen LogP contribution in [0, 0.1) is 0 Å². The Morgan fingerprint density at radius 2 is 1.61 bits per heavy atom. The Bertz CT molecular complexity index is 928. The number of sulfonamides is 1. The maximum absolute atomic E-state index is 12.3. The number of hydrogen-bond acceptors (Lipinski definition) is 5. The van der Waals surface area contributed by atoms with E-state index in [1.54, 1.807) is 6.08 Å². The van der Waals surface area contributed by atoms with Crippen molar-refractivity contribution < 1.29 is 18.3 Å². The van der Waals surface area contributed by atoms with E-state index in [4.69, 9.17) is 0 Å². The molecule has 2 rings (SSSR count). The smallest absolute Gasteiger partial charge is 0.264 e. The van der Waals surface area contributed by atoms with E-state index in [0.29, 0.717) is 4.91 Å². The summed E-state index contributed by atoms with van der Waals surface area (Å²) in [5, 5.41) is 13.4.